The number of hydrogen-bond acceptors (Lipinski definition) is 7. The molecule has 4 aromatic rings. The van der Waals surface area contributed by atoms with E-state index in [-0.39, 0.29) is 5.91 Å². The Balaban J connectivity index is 0.000000303. The van der Waals surface area contributed by atoms with Gasteiger partial charge in [-0.3, -0.25) is 19.1 Å². The normalized spacial score (nSPS) is 13.8. The van der Waals surface area contributed by atoms with Gasteiger partial charge in [0.15, 0.2) is 0 Å². The molecule has 0 unspecified atom stereocenters. The molecule has 0 atom stereocenters. The number of aliphatic carboxylic acids is 2. The van der Waals surface area contributed by atoms with Crippen LogP contribution in [-0.4, -0.2) is 86.0 Å². The zero-order valence-electron chi connectivity index (χ0n) is 21.9. The van der Waals surface area contributed by atoms with E-state index in [1.807, 2.05) is 59.1 Å². The highest BCUT2D eigenvalue weighted by Crippen LogP contribution is 2.22. The number of halogens is 6. The lowest BCUT2D eigenvalue weighted by Gasteiger charge is -2.25. The van der Waals surface area contributed by atoms with Crippen LogP contribution < -0.4 is 5.32 Å². The summed E-state index contributed by atoms with van der Waals surface area (Å²) in [6.07, 6.45) is -6.56. The van der Waals surface area contributed by atoms with Crippen LogP contribution in [0.5, 0.6) is 0 Å². The Bertz CT molecular complexity index is 1560. The molecule has 0 saturated carbocycles. The molecule has 0 spiro atoms. The first kappa shape index (κ1) is 32.7. The van der Waals surface area contributed by atoms with Crippen LogP contribution >= 0.6 is 0 Å². The Labute approximate surface area is 238 Å². The summed E-state index contributed by atoms with van der Waals surface area (Å²) in [5.41, 5.74) is 3.28. The van der Waals surface area contributed by atoms with Crippen LogP contribution in [0.2, 0.25) is 0 Å². The third-order valence-electron chi connectivity index (χ3n) is 5.67. The number of carboxylic acids is 2. The van der Waals surface area contributed by atoms with Gasteiger partial charge < -0.3 is 20.3 Å². The third-order valence-corrected chi connectivity index (χ3v) is 5.67. The summed E-state index contributed by atoms with van der Waals surface area (Å²) in [6, 6.07) is 15.5. The van der Waals surface area contributed by atoms with Gasteiger partial charge in [-0.15, -0.1) is 0 Å². The Hall–Kier alpha value is -4.77. The highest BCUT2D eigenvalue weighted by Gasteiger charge is 2.38. The number of imidazole rings is 1. The van der Waals surface area contributed by atoms with Crippen molar-refractivity contribution < 1.29 is 55.7 Å². The molecule has 1 aliphatic rings. The fourth-order valence-electron chi connectivity index (χ4n) is 3.73. The number of nitrogens with zero attached hydrogens (tertiary/aromatic N) is 4. The number of amides is 1. The molecule has 1 aromatic carbocycles. The molecule has 0 aliphatic carbocycles. The van der Waals surface area contributed by atoms with Crippen LogP contribution in [-0.2, 0) is 20.9 Å². The molecule has 1 saturated heterocycles. The van der Waals surface area contributed by atoms with Crippen molar-refractivity contribution in [2.45, 2.75) is 18.9 Å². The number of anilines is 1. The highest BCUT2D eigenvalue weighted by atomic mass is 19.4. The number of morpholine rings is 1. The lowest BCUT2D eigenvalue weighted by atomic mass is 10.2. The fraction of sp³-hybridized carbons (Fsp3) is 0.269. The van der Waals surface area contributed by atoms with Crippen LogP contribution in [0.25, 0.3) is 16.4 Å². The van der Waals surface area contributed by atoms with E-state index in [9.17, 15) is 31.1 Å². The van der Waals surface area contributed by atoms with Gasteiger partial charge in [0.05, 0.1) is 35.6 Å². The van der Waals surface area contributed by atoms with Crippen LogP contribution in [0, 0.1) is 0 Å². The van der Waals surface area contributed by atoms with Gasteiger partial charge in [-0.05, 0) is 24.3 Å². The fourth-order valence-corrected chi connectivity index (χ4v) is 3.73. The van der Waals surface area contributed by atoms with Crippen molar-refractivity contribution in [3.8, 4) is 0 Å². The SMILES string of the molecule is O=C(Nc1cccc2cccnc12)c1nc(CN2CCOCC2)c2ccccn12.O=C(O)C(F)(F)F.O=C(O)C(F)(F)F. The molecule has 0 bridgehead atoms. The first-order valence-electron chi connectivity index (χ1n) is 12.2. The van der Waals surface area contributed by atoms with E-state index in [0.29, 0.717) is 18.1 Å². The second kappa shape index (κ2) is 13.9. The second-order valence-electron chi connectivity index (χ2n) is 8.67. The maximum Gasteiger partial charge on any atom is 0.490 e. The van der Waals surface area contributed by atoms with Gasteiger partial charge in [0, 0.05) is 37.4 Å². The van der Waals surface area contributed by atoms with Crippen molar-refractivity contribution in [3.05, 3.63) is 72.4 Å². The molecule has 43 heavy (non-hydrogen) atoms. The van der Waals surface area contributed by atoms with E-state index in [1.54, 1.807) is 6.20 Å². The van der Waals surface area contributed by atoms with Crippen LogP contribution in [0.15, 0.2) is 60.9 Å². The van der Waals surface area contributed by atoms with E-state index in [2.05, 4.69) is 15.2 Å². The standard InChI is InChI=1S/C22H21N5O2.2C2HF3O2/c28-22(25-17-7-3-5-16-6-4-9-23-20(16)17)21-24-18(15-26-11-13-29-14-12-26)19-8-1-2-10-27(19)21;2*3-2(4,5)1(6)7/h1-10H,11-15H2,(H,25,28);2*(H,6,7). The Morgan fingerprint density at radius 2 is 1.49 bits per heavy atom. The summed E-state index contributed by atoms with van der Waals surface area (Å²) in [4.78, 5) is 42.3. The van der Waals surface area contributed by atoms with Crippen LogP contribution in [0.3, 0.4) is 0 Å². The van der Waals surface area contributed by atoms with E-state index in [0.717, 1.165) is 48.4 Å². The number of ether oxygens (including phenoxy) is 1. The molecule has 1 amide bonds. The smallest absolute Gasteiger partial charge is 0.475 e. The predicted molar refractivity (Wildman–Crippen MR) is 138 cm³/mol. The van der Waals surface area contributed by atoms with Gasteiger partial charge in [-0.1, -0.05) is 24.3 Å². The van der Waals surface area contributed by atoms with Crippen molar-refractivity contribution >= 4 is 40.0 Å². The van der Waals surface area contributed by atoms with E-state index in [4.69, 9.17) is 29.5 Å². The number of fused-ring (bicyclic) bond motifs is 2. The molecular weight excluding hydrogens is 592 g/mol. The average molecular weight is 615 g/mol. The number of hydrogen-bond donors (Lipinski definition) is 3. The summed E-state index contributed by atoms with van der Waals surface area (Å²) in [5.74, 6) is -5.39. The Morgan fingerprint density at radius 3 is 2.09 bits per heavy atom. The maximum atomic E-state index is 13.1. The average Bonchev–Trinajstić information content (AvgIpc) is 3.32. The minimum absolute atomic E-state index is 0.252. The molecule has 1 aliphatic heterocycles. The summed E-state index contributed by atoms with van der Waals surface area (Å²) >= 11 is 0. The highest BCUT2D eigenvalue weighted by molar-refractivity contribution is 6.07. The second-order valence-corrected chi connectivity index (χ2v) is 8.67. The minimum Gasteiger partial charge on any atom is -0.475 e. The van der Waals surface area contributed by atoms with Gasteiger partial charge in [0.1, 0.15) is 0 Å². The molecule has 11 nitrogen and oxygen atoms in total. The Kier molecular flexibility index (Phi) is 10.6. The first-order valence-corrected chi connectivity index (χ1v) is 12.2. The van der Waals surface area contributed by atoms with Crippen molar-refractivity contribution in [3.63, 3.8) is 0 Å². The number of benzene rings is 1. The van der Waals surface area contributed by atoms with E-state index >= 15 is 0 Å². The van der Waals surface area contributed by atoms with E-state index < -0.39 is 24.3 Å². The monoisotopic (exact) mass is 615 g/mol. The summed E-state index contributed by atoms with van der Waals surface area (Å²) in [6.45, 7) is 3.89. The molecular formula is C26H23F6N5O6. The molecule has 3 N–H and O–H groups in total. The van der Waals surface area contributed by atoms with Gasteiger partial charge >= 0.3 is 24.3 Å². The molecule has 0 radical (unpaired) electrons. The quantitative estimate of drug-likeness (QED) is 0.287. The number of alkyl halides is 6. The van der Waals surface area contributed by atoms with Gasteiger partial charge in [0.25, 0.3) is 5.91 Å². The lowest BCUT2D eigenvalue weighted by Crippen LogP contribution is -2.35. The maximum absolute atomic E-state index is 13.1. The lowest BCUT2D eigenvalue weighted by molar-refractivity contribution is -0.193. The van der Waals surface area contributed by atoms with Gasteiger partial charge in [0.2, 0.25) is 5.82 Å². The van der Waals surface area contributed by atoms with Crippen molar-refractivity contribution in [2.24, 2.45) is 0 Å². The molecule has 17 heteroatoms. The van der Waals surface area contributed by atoms with Crippen LogP contribution in [0.4, 0.5) is 32.0 Å². The van der Waals surface area contributed by atoms with Crippen molar-refractivity contribution in [1.82, 2.24) is 19.3 Å². The minimum atomic E-state index is -5.08. The molecule has 230 valence electrons. The number of aromatic nitrogens is 3. The largest absolute Gasteiger partial charge is 0.490 e. The van der Waals surface area contributed by atoms with Gasteiger partial charge in [-0.2, -0.15) is 26.3 Å². The number of nitrogens with one attached hydrogen (secondary N) is 1. The van der Waals surface area contributed by atoms with Crippen molar-refractivity contribution in [2.75, 3.05) is 31.6 Å². The number of rotatable bonds is 4. The summed E-state index contributed by atoms with van der Waals surface area (Å²) in [5, 5.41) is 18.2. The summed E-state index contributed by atoms with van der Waals surface area (Å²) < 4.78 is 70.8. The molecule has 3 aromatic heterocycles. The van der Waals surface area contributed by atoms with Crippen molar-refractivity contribution in [1.29, 1.82) is 0 Å². The number of carboxylic acid groups (broad SMARTS) is 2. The molecule has 5 rings (SSSR count). The zero-order valence-corrected chi connectivity index (χ0v) is 21.9. The van der Waals surface area contributed by atoms with Crippen LogP contribution in [0.1, 0.15) is 16.3 Å². The zero-order chi connectivity index (χ0) is 31.8. The van der Waals surface area contributed by atoms with E-state index in [1.165, 1.54) is 0 Å². The topological polar surface area (TPSA) is 146 Å². The number of carbonyl (C=O) groups is 3. The molecule has 1 fully saturated rings. The first-order chi connectivity index (χ1) is 20.2. The Morgan fingerprint density at radius 1 is 0.884 bits per heavy atom. The third kappa shape index (κ3) is 9.11. The number of carbonyl (C=O) groups excluding carboxylic acids is 1. The predicted octanol–water partition coefficient (Wildman–Crippen LogP) is 4.23. The number of pyridine rings is 2. The molecule has 4 heterocycles. The number of para-hydroxylation sites is 1. The van der Waals surface area contributed by atoms with Gasteiger partial charge in [-0.25, -0.2) is 14.6 Å². The summed E-state index contributed by atoms with van der Waals surface area (Å²) in [7, 11) is 0.